The third kappa shape index (κ3) is 3.36. The summed E-state index contributed by atoms with van der Waals surface area (Å²) in [5, 5.41) is 0. The van der Waals surface area contributed by atoms with Crippen LogP contribution in [-0.2, 0) is 9.47 Å². The number of rotatable bonds is 5. The number of hydrogen-bond donors (Lipinski definition) is 1. The highest BCUT2D eigenvalue weighted by Gasteiger charge is 2.33. The van der Waals surface area contributed by atoms with Crippen molar-refractivity contribution >= 4 is 12.6 Å². The molecule has 2 unspecified atom stereocenters. The van der Waals surface area contributed by atoms with E-state index in [1.54, 1.807) is 0 Å². The van der Waals surface area contributed by atoms with E-state index in [0.29, 0.717) is 12.1 Å². The van der Waals surface area contributed by atoms with Gasteiger partial charge in [0.05, 0.1) is 25.9 Å². The van der Waals surface area contributed by atoms with Gasteiger partial charge < -0.3 is 9.47 Å². The first kappa shape index (κ1) is 12.7. The summed E-state index contributed by atoms with van der Waals surface area (Å²) in [5.41, 5.74) is 0. The first-order valence-corrected chi connectivity index (χ1v) is 7.09. The number of thiol groups is 1. The fourth-order valence-electron chi connectivity index (χ4n) is 2.80. The van der Waals surface area contributed by atoms with Crippen LogP contribution in [0.4, 0.5) is 0 Å². The van der Waals surface area contributed by atoms with Crippen molar-refractivity contribution in [3.05, 3.63) is 0 Å². The van der Waals surface area contributed by atoms with E-state index in [1.807, 2.05) is 0 Å². The molecule has 0 N–H and O–H groups in total. The zero-order valence-corrected chi connectivity index (χ0v) is 10.8. The minimum Gasteiger partial charge on any atom is -0.379 e. The molecule has 3 nitrogen and oxygen atoms in total. The summed E-state index contributed by atoms with van der Waals surface area (Å²) in [6, 6.07) is 0.655. The molecule has 1 aliphatic heterocycles. The van der Waals surface area contributed by atoms with E-state index in [1.165, 1.54) is 25.7 Å². The lowest BCUT2D eigenvalue weighted by atomic mass is 9.90. The van der Waals surface area contributed by atoms with Gasteiger partial charge in [-0.3, -0.25) is 4.90 Å². The maximum atomic E-state index is 5.84. The van der Waals surface area contributed by atoms with Crippen LogP contribution in [0.1, 0.15) is 25.7 Å². The maximum absolute atomic E-state index is 5.84. The minimum atomic E-state index is 0.493. The van der Waals surface area contributed by atoms with E-state index in [2.05, 4.69) is 17.5 Å². The van der Waals surface area contributed by atoms with Crippen LogP contribution in [0.5, 0.6) is 0 Å². The number of hydrogen-bond acceptors (Lipinski definition) is 4. The molecule has 2 fully saturated rings. The molecule has 94 valence electrons. The Kier molecular flexibility index (Phi) is 5.42. The van der Waals surface area contributed by atoms with E-state index in [-0.39, 0.29) is 0 Å². The summed E-state index contributed by atoms with van der Waals surface area (Å²) in [4.78, 5) is 2.56. The Hall–Kier alpha value is 0.230. The van der Waals surface area contributed by atoms with Crippen molar-refractivity contribution in [3.63, 3.8) is 0 Å². The fourth-order valence-corrected chi connectivity index (χ4v) is 2.93. The van der Waals surface area contributed by atoms with E-state index in [0.717, 1.165) is 38.7 Å². The Morgan fingerprint density at radius 2 is 2.12 bits per heavy atom. The summed E-state index contributed by atoms with van der Waals surface area (Å²) >= 11 is 4.14. The molecule has 0 aromatic heterocycles. The minimum absolute atomic E-state index is 0.493. The second-order valence-electron chi connectivity index (χ2n) is 4.63. The third-order valence-corrected chi connectivity index (χ3v) is 3.79. The molecule has 0 aromatic carbocycles. The molecule has 1 saturated carbocycles. The summed E-state index contributed by atoms with van der Waals surface area (Å²) in [7, 11) is 0. The second-order valence-corrected chi connectivity index (χ2v) is 5.08. The molecule has 0 radical (unpaired) electrons. The summed E-state index contributed by atoms with van der Waals surface area (Å²) in [5.74, 6) is 0.815. The van der Waals surface area contributed by atoms with Gasteiger partial charge in [-0.25, -0.2) is 0 Å². The zero-order valence-electron chi connectivity index (χ0n) is 9.94. The predicted molar refractivity (Wildman–Crippen MR) is 68.2 cm³/mol. The normalized spacial score (nSPS) is 31.3. The van der Waals surface area contributed by atoms with Crippen LogP contribution in [0, 0.1) is 0 Å². The molecule has 1 saturated heterocycles. The van der Waals surface area contributed by atoms with Crippen LogP contribution in [0.3, 0.4) is 0 Å². The molecule has 0 bridgehead atoms. The van der Waals surface area contributed by atoms with Crippen LogP contribution < -0.4 is 0 Å². The van der Waals surface area contributed by atoms with E-state index in [4.69, 9.17) is 9.47 Å². The van der Waals surface area contributed by atoms with Gasteiger partial charge in [0.2, 0.25) is 0 Å². The molecule has 2 atom stereocenters. The van der Waals surface area contributed by atoms with Crippen LogP contribution in [0.15, 0.2) is 0 Å². The molecule has 2 aliphatic rings. The Balaban J connectivity index is 1.74. The van der Waals surface area contributed by atoms with E-state index >= 15 is 0 Å². The lowest BCUT2D eigenvalue weighted by molar-refractivity contribution is -0.0929. The molecular weight excluding hydrogens is 222 g/mol. The SMILES string of the molecule is SCCOCCN1CCOC2CCCCC21. The highest BCUT2D eigenvalue weighted by molar-refractivity contribution is 7.80. The van der Waals surface area contributed by atoms with Gasteiger partial charge >= 0.3 is 0 Å². The number of fused-ring (bicyclic) bond motifs is 1. The molecule has 1 heterocycles. The van der Waals surface area contributed by atoms with Crippen LogP contribution in [-0.4, -0.2) is 55.7 Å². The summed E-state index contributed by atoms with van der Waals surface area (Å²) < 4.78 is 11.4. The lowest BCUT2D eigenvalue weighted by Gasteiger charge is -2.43. The highest BCUT2D eigenvalue weighted by Crippen LogP contribution is 2.27. The van der Waals surface area contributed by atoms with Crippen molar-refractivity contribution in [2.24, 2.45) is 0 Å². The van der Waals surface area contributed by atoms with Crippen molar-refractivity contribution in [1.29, 1.82) is 0 Å². The van der Waals surface area contributed by atoms with Gasteiger partial charge in [-0.2, -0.15) is 12.6 Å². The molecule has 1 aliphatic carbocycles. The quantitative estimate of drug-likeness (QED) is 0.587. The Morgan fingerprint density at radius 1 is 1.25 bits per heavy atom. The standard InChI is InChI=1S/C12H23NO2S/c16-10-9-14-7-5-13-6-8-15-12-4-2-1-3-11(12)13/h11-12,16H,1-10H2. The van der Waals surface area contributed by atoms with Gasteiger partial charge in [0.1, 0.15) is 0 Å². The molecule has 2 rings (SSSR count). The Bertz CT molecular complexity index is 201. The molecule has 4 heteroatoms. The van der Waals surface area contributed by atoms with E-state index in [9.17, 15) is 0 Å². The average molecular weight is 245 g/mol. The Labute approximate surface area is 104 Å². The predicted octanol–water partition coefficient (Wildman–Crippen LogP) is 1.58. The molecule has 0 spiro atoms. The average Bonchev–Trinajstić information content (AvgIpc) is 2.35. The third-order valence-electron chi connectivity index (χ3n) is 3.61. The van der Waals surface area contributed by atoms with Gasteiger partial charge in [0.25, 0.3) is 0 Å². The topological polar surface area (TPSA) is 21.7 Å². The van der Waals surface area contributed by atoms with Crippen molar-refractivity contribution in [3.8, 4) is 0 Å². The van der Waals surface area contributed by atoms with Crippen molar-refractivity contribution < 1.29 is 9.47 Å². The number of nitrogens with zero attached hydrogens (tertiary/aromatic N) is 1. The molecule has 16 heavy (non-hydrogen) atoms. The largest absolute Gasteiger partial charge is 0.379 e. The van der Waals surface area contributed by atoms with Gasteiger partial charge in [-0.1, -0.05) is 12.8 Å². The van der Waals surface area contributed by atoms with Gasteiger partial charge in [-0.15, -0.1) is 0 Å². The molecular formula is C12H23NO2S. The molecule has 0 amide bonds. The maximum Gasteiger partial charge on any atom is 0.0730 e. The molecule has 0 aromatic rings. The van der Waals surface area contributed by atoms with Crippen molar-refractivity contribution in [1.82, 2.24) is 4.90 Å². The monoisotopic (exact) mass is 245 g/mol. The second kappa shape index (κ2) is 6.84. The van der Waals surface area contributed by atoms with Crippen LogP contribution in [0.2, 0.25) is 0 Å². The lowest BCUT2D eigenvalue weighted by Crippen LogP contribution is -2.53. The smallest absolute Gasteiger partial charge is 0.0730 e. The number of ether oxygens (including phenoxy) is 2. The first-order valence-electron chi connectivity index (χ1n) is 6.46. The van der Waals surface area contributed by atoms with E-state index < -0.39 is 0 Å². The fraction of sp³-hybridized carbons (Fsp3) is 1.00. The van der Waals surface area contributed by atoms with Crippen LogP contribution >= 0.6 is 12.6 Å². The van der Waals surface area contributed by atoms with Crippen molar-refractivity contribution in [2.45, 2.75) is 37.8 Å². The number of morpholine rings is 1. The Morgan fingerprint density at radius 3 is 3.00 bits per heavy atom. The summed E-state index contributed by atoms with van der Waals surface area (Å²) in [6.07, 6.45) is 5.74. The summed E-state index contributed by atoms with van der Waals surface area (Å²) in [6.45, 7) is 4.63. The van der Waals surface area contributed by atoms with Gasteiger partial charge in [0, 0.05) is 24.9 Å². The van der Waals surface area contributed by atoms with Crippen LogP contribution in [0.25, 0.3) is 0 Å². The highest BCUT2D eigenvalue weighted by atomic mass is 32.1. The van der Waals surface area contributed by atoms with Crippen molar-refractivity contribution in [2.75, 3.05) is 38.7 Å². The first-order chi connectivity index (χ1) is 7.92. The zero-order chi connectivity index (χ0) is 11.2. The van der Waals surface area contributed by atoms with Gasteiger partial charge in [0.15, 0.2) is 0 Å². The van der Waals surface area contributed by atoms with Gasteiger partial charge in [-0.05, 0) is 12.8 Å².